The molecule has 2 aliphatic rings. The van der Waals surface area contributed by atoms with Gasteiger partial charge in [-0.25, -0.2) is 4.79 Å². The monoisotopic (exact) mass is 392 g/mol. The Morgan fingerprint density at radius 3 is 2.66 bits per heavy atom. The van der Waals surface area contributed by atoms with E-state index in [1.807, 2.05) is 23.2 Å². The zero-order chi connectivity index (χ0) is 20.3. The molecule has 0 atom stereocenters. The van der Waals surface area contributed by atoms with Crippen molar-refractivity contribution in [2.75, 3.05) is 37.6 Å². The summed E-state index contributed by atoms with van der Waals surface area (Å²) >= 11 is 0. The lowest BCUT2D eigenvalue weighted by Crippen LogP contribution is -2.45. The average Bonchev–Trinajstić information content (AvgIpc) is 3.03. The van der Waals surface area contributed by atoms with Crippen LogP contribution in [0.25, 0.3) is 0 Å². The van der Waals surface area contributed by atoms with Crippen LogP contribution in [0, 0.1) is 5.92 Å². The van der Waals surface area contributed by atoms with E-state index in [0.29, 0.717) is 12.5 Å². The highest BCUT2D eigenvalue weighted by atomic mass is 16.2. The first-order chi connectivity index (χ1) is 14.0. The van der Waals surface area contributed by atoms with E-state index in [-0.39, 0.29) is 11.4 Å². The predicted octanol–water partition coefficient (Wildman–Crippen LogP) is 3.84. The van der Waals surface area contributed by atoms with Crippen molar-refractivity contribution in [3.63, 3.8) is 0 Å². The molecule has 2 amide bonds. The number of carbonyl (C=O) groups is 1. The maximum absolute atomic E-state index is 12.8. The number of anilines is 1. The molecule has 3 heterocycles. The molecule has 1 fully saturated rings. The lowest BCUT2D eigenvalue weighted by molar-refractivity contribution is 0.183. The predicted molar refractivity (Wildman–Crippen MR) is 117 cm³/mol. The average molecular weight is 393 g/mol. The highest BCUT2D eigenvalue weighted by molar-refractivity contribution is 5.94. The number of nitrogens with one attached hydrogen (secondary N) is 1. The van der Waals surface area contributed by atoms with Crippen LogP contribution < -0.4 is 10.2 Å². The number of carbonyl (C=O) groups excluding carboxylic acids is 1. The van der Waals surface area contributed by atoms with Crippen LogP contribution in [-0.4, -0.2) is 48.6 Å². The first-order valence-corrected chi connectivity index (χ1v) is 10.8. The third-order valence-electron chi connectivity index (χ3n) is 6.33. The Morgan fingerprint density at radius 1 is 1.14 bits per heavy atom. The van der Waals surface area contributed by atoms with Crippen molar-refractivity contribution in [2.45, 2.75) is 38.5 Å². The Morgan fingerprint density at radius 2 is 1.90 bits per heavy atom. The van der Waals surface area contributed by atoms with Crippen LogP contribution in [0.1, 0.15) is 37.9 Å². The fourth-order valence-corrected chi connectivity index (χ4v) is 4.55. The minimum absolute atomic E-state index is 0.0105. The minimum atomic E-state index is -0.0992. The number of rotatable bonds is 5. The molecule has 0 bridgehead atoms. The van der Waals surface area contributed by atoms with Crippen molar-refractivity contribution in [1.29, 1.82) is 0 Å². The van der Waals surface area contributed by atoms with E-state index in [9.17, 15) is 4.79 Å². The van der Waals surface area contributed by atoms with Gasteiger partial charge >= 0.3 is 6.03 Å². The number of aromatic nitrogens is 1. The van der Waals surface area contributed by atoms with E-state index in [4.69, 9.17) is 0 Å². The summed E-state index contributed by atoms with van der Waals surface area (Å²) < 4.78 is 0. The standard InChI is InChI=1S/C24H32N4O/c1-24(2)18-28(21-9-6-13-25-22(21)24)23(29)26-17-20-11-15-27(16-12-20)14-10-19-7-4-3-5-8-19/h3-9,13,20H,10-12,14-18H2,1-2H3,(H,26,29). The van der Waals surface area contributed by atoms with Gasteiger partial charge in [0.2, 0.25) is 0 Å². The van der Waals surface area contributed by atoms with Crippen LogP contribution >= 0.6 is 0 Å². The first kappa shape index (κ1) is 19.9. The SMILES string of the molecule is CC1(C)CN(C(=O)NCC2CCN(CCc3ccccc3)CC2)c2cccnc21. The van der Waals surface area contributed by atoms with E-state index in [1.165, 1.54) is 5.56 Å². The van der Waals surface area contributed by atoms with Crippen LogP contribution in [0.15, 0.2) is 48.7 Å². The second kappa shape index (κ2) is 8.54. The molecule has 1 N–H and O–H groups in total. The summed E-state index contributed by atoms with van der Waals surface area (Å²) in [4.78, 5) is 21.8. The second-order valence-electron chi connectivity index (χ2n) is 9.05. The number of pyridine rings is 1. The zero-order valence-corrected chi connectivity index (χ0v) is 17.6. The van der Waals surface area contributed by atoms with Gasteiger partial charge in [0.1, 0.15) is 0 Å². The van der Waals surface area contributed by atoms with Gasteiger partial charge in [0.25, 0.3) is 0 Å². The number of hydrogen-bond acceptors (Lipinski definition) is 3. The van der Waals surface area contributed by atoms with Gasteiger partial charge < -0.3 is 10.2 Å². The van der Waals surface area contributed by atoms with Crippen LogP contribution in [0.4, 0.5) is 10.5 Å². The third-order valence-corrected chi connectivity index (χ3v) is 6.33. The molecule has 154 valence electrons. The molecular weight excluding hydrogens is 360 g/mol. The molecule has 1 aromatic carbocycles. The summed E-state index contributed by atoms with van der Waals surface area (Å²) in [6.07, 6.45) is 5.23. The molecule has 0 aliphatic carbocycles. The number of likely N-dealkylation sites (tertiary alicyclic amines) is 1. The molecule has 0 spiro atoms. The molecule has 0 radical (unpaired) electrons. The van der Waals surface area contributed by atoms with Crippen molar-refractivity contribution in [2.24, 2.45) is 5.92 Å². The Hall–Kier alpha value is -2.40. The van der Waals surface area contributed by atoms with Crippen LogP contribution in [0.2, 0.25) is 0 Å². The highest BCUT2D eigenvalue weighted by Crippen LogP contribution is 2.38. The number of urea groups is 1. The van der Waals surface area contributed by atoms with Crippen molar-refractivity contribution in [3.05, 3.63) is 59.9 Å². The van der Waals surface area contributed by atoms with Gasteiger partial charge in [-0.3, -0.25) is 9.88 Å². The van der Waals surface area contributed by atoms with Crippen LogP contribution in [0.3, 0.4) is 0 Å². The highest BCUT2D eigenvalue weighted by Gasteiger charge is 2.39. The van der Waals surface area contributed by atoms with Gasteiger partial charge in [-0.2, -0.15) is 0 Å². The topological polar surface area (TPSA) is 48.5 Å². The maximum atomic E-state index is 12.8. The molecule has 1 saturated heterocycles. The lowest BCUT2D eigenvalue weighted by Gasteiger charge is -2.32. The Kier molecular flexibility index (Phi) is 5.86. The quantitative estimate of drug-likeness (QED) is 0.841. The van der Waals surface area contributed by atoms with Gasteiger partial charge in [-0.1, -0.05) is 44.2 Å². The lowest BCUT2D eigenvalue weighted by atomic mass is 9.91. The fraction of sp³-hybridized carbons (Fsp3) is 0.500. The molecular formula is C24H32N4O. The van der Waals surface area contributed by atoms with Crippen molar-refractivity contribution in [3.8, 4) is 0 Å². The van der Waals surface area contributed by atoms with E-state index < -0.39 is 0 Å². The third kappa shape index (κ3) is 4.61. The molecule has 2 aromatic rings. The van der Waals surface area contributed by atoms with Gasteiger partial charge in [0.05, 0.1) is 11.4 Å². The van der Waals surface area contributed by atoms with Crippen molar-refractivity contribution >= 4 is 11.7 Å². The van der Waals surface area contributed by atoms with E-state index in [2.05, 4.69) is 59.4 Å². The summed E-state index contributed by atoms with van der Waals surface area (Å²) in [5.74, 6) is 0.566. The maximum Gasteiger partial charge on any atom is 0.321 e. The van der Waals surface area contributed by atoms with Gasteiger partial charge in [0.15, 0.2) is 0 Å². The molecule has 0 saturated carbocycles. The minimum Gasteiger partial charge on any atom is -0.337 e. The van der Waals surface area contributed by atoms with Crippen molar-refractivity contribution in [1.82, 2.24) is 15.2 Å². The van der Waals surface area contributed by atoms with Gasteiger partial charge in [-0.15, -0.1) is 0 Å². The fourth-order valence-electron chi connectivity index (χ4n) is 4.55. The molecule has 1 aromatic heterocycles. The second-order valence-corrected chi connectivity index (χ2v) is 9.05. The number of fused-ring (bicyclic) bond motifs is 1. The van der Waals surface area contributed by atoms with Crippen LogP contribution in [-0.2, 0) is 11.8 Å². The van der Waals surface area contributed by atoms with Gasteiger partial charge in [-0.05, 0) is 56.0 Å². The van der Waals surface area contributed by atoms with Crippen molar-refractivity contribution < 1.29 is 4.79 Å². The normalized spacial score (nSPS) is 19.2. The van der Waals surface area contributed by atoms with E-state index in [1.54, 1.807) is 0 Å². The van der Waals surface area contributed by atoms with Crippen LogP contribution in [0.5, 0.6) is 0 Å². The smallest absolute Gasteiger partial charge is 0.321 e. The summed E-state index contributed by atoms with van der Waals surface area (Å²) in [6, 6.07) is 14.6. The van der Waals surface area contributed by atoms with E-state index in [0.717, 1.165) is 56.8 Å². The zero-order valence-electron chi connectivity index (χ0n) is 17.6. The summed E-state index contributed by atoms with van der Waals surface area (Å²) in [5.41, 5.74) is 3.27. The number of piperidine rings is 1. The molecule has 0 unspecified atom stereocenters. The molecule has 5 heteroatoms. The Bertz CT molecular complexity index is 828. The first-order valence-electron chi connectivity index (χ1n) is 10.8. The number of benzene rings is 1. The number of amides is 2. The summed E-state index contributed by atoms with van der Waals surface area (Å²) in [7, 11) is 0. The molecule has 2 aliphatic heterocycles. The summed E-state index contributed by atoms with van der Waals surface area (Å²) in [6.45, 7) is 9.11. The van der Waals surface area contributed by atoms with E-state index >= 15 is 0 Å². The Labute approximate surface area is 174 Å². The molecule has 4 rings (SSSR count). The summed E-state index contributed by atoms with van der Waals surface area (Å²) in [5, 5.41) is 3.19. The van der Waals surface area contributed by atoms with Gasteiger partial charge in [0, 0.05) is 31.2 Å². The largest absolute Gasteiger partial charge is 0.337 e. The number of hydrogen-bond donors (Lipinski definition) is 1. The Balaban J connectivity index is 1.22. The molecule has 5 nitrogen and oxygen atoms in total. The molecule has 29 heavy (non-hydrogen) atoms. The number of nitrogens with zero attached hydrogens (tertiary/aromatic N) is 3.